The van der Waals surface area contributed by atoms with Crippen LogP contribution in [0.3, 0.4) is 0 Å². The van der Waals surface area contributed by atoms with Crippen molar-refractivity contribution in [3.05, 3.63) is 34.7 Å². The van der Waals surface area contributed by atoms with E-state index in [1.807, 2.05) is 5.38 Å². The summed E-state index contributed by atoms with van der Waals surface area (Å²) in [6.07, 6.45) is -1.21. The number of thiazole rings is 1. The molecular formula is C15H15F3N2OS. The van der Waals surface area contributed by atoms with Crippen molar-refractivity contribution in [2.24, 2.45) is 0 Å². The quantitative estimate of drug-likeness (QED) is 0.899. The third-order valence-corrected chi connectivity index (χ3v) is 4.47. The second kappa shape index (κ2) is 6.26. The van der Waals surface area contributed by atoms with Crippen molar-refractivity contribution in [3.63, 3.8) is 0 Å². The molecule has 1 aliphatic heterocycles. The van der Waals surface area contributed by atoms with Crippen LogP contribution in [0.1, 0.15) is 30.3 Å². The van der Waals surface area contributed by atoms with Crippen LogP contribution in [0.4, 0.5) is 13.2 Å². The molecule has 2 aromatic rings. The summed E-state index contributed by atoms with van der Waals surface area (Å²) in [6.45, 7) is 1.00. The Morgan fingerprint density at radius 2 is 1.95 bits per heavy atom. The number of ether oxygens (including phenoxy) is 1. The fraction of sp³-hybridized carbons (Fsp3) is 0.400. The van der Waals surface area contributed by atoms with Crippen molar-refractivity contribution in [2.75, 3.05) is 6.54 Å². The fourth-order valence-electron chi connectivity index (χ4n) is 2.47. The highest BCUT2D eigenvalue weighted by molar-refractivity contribution is 7.10. The summed E-state index contributed by atoms with van der Waals surface area (Å²) in [5.41, 5.74) is 1.57. The molecule has 2 heterocycles. The smallest absolute Gasteiger partial charge is 0.406 e. The highest BCUT2D eigenvalue weighted by atomic mass is 32.1. The Balaban J connectivity index is 1.73. The minimum Gasteiger partial charge on any atom is -0.406 e. The molecule has 0 bridgehead atoms. The molecule has 0 spiro atoms. The lowest BCUT2D eigenvalue weighted by molar-refractivity contribution is -0.274. The van der Waals surface area contributed by atoms with Gasteiger partial charge in [-0.3, -0.25) is 0 Å². The third kappa shape index (κ3) is 3.78. The molecule has 22 heavy (non-hydrogen) atoms. The summed E-state index contributed by atoms with van der Waals surface area (Å²) in [5, 5.41) is 6.41. The summed E-state index contributed by atoms with van der Waals surface area (Å²) in [6, 6.07) is 6.09. The highest BCUT2D eigenvalue weighted by Crippen LogP contribution is 2.31. The largest absolute Gasteiger partial charge is 0.573 e. The molecule has 1 aromatic heterocycles. The van der Waals surface area contributed by atoms with Gasteiger partial charge in [-0.15, -0.1) is 24.5 Å². The molecule has 1 N–H and O–H groups in total. The lowest BCUT2D eigenvalue weighted by Crippen LogP contribution is -2.26. The molecule has 1 atom stereocenters. The van der Waals surface area contributed by atoms with Gasteiger partial charge in [-0.05, 0) is 43.7 Å². The molecule has 0 saturated carbocycles. The maximum atomic E-state index is 12.1. The number of piperidine rings is 1. The zero-order valence-corrected chi connectivity index (χ0v) is 12.5. The summed E-state index contributed by atoms with van der Waals surface area (Å²) in [5.74, 6) is -0.222. The molecule has 1 fully saturated rings. The first-order chi connectivity index (χ1) is 10.5. The summed E-state index contributed by atoms with van der Waals surface area (Å²) in [7, 11) is 0. The number of nitrogens with one attached hydrogen (secondary N) is 1. The van der Waals surface area contributed by atoms with E-state index in [-0.39, 0.29) is 5.75 Å². The van der Waals surface area contributed by atoms with Crippen LogP contribution in [0.2, 0.25) is 0 Å². The zero-order chi connectivity index (χ0) is 15.6. The Labute approximate surface area is 130 Å². The predicted octanol–water partition coefficient (Wildman–Crippen LogP) is 4.52. The molecule has 1 saturated heterocycles. The van der Waals surface area contributed by atoms with Crippen molar-refractivity contribution in [3.8, 4) is 17.0 Å². The lowest BCUT2D eigenvalue weighted by atomic mass is 10.1. The Hall–Kier alpha value is -1.60. The van der Waals surface area contributed by atoms with Gasteiger partial charge in [0.1, 0.15) is 10.8 Å². The van der Waals surface area contributed by atoms with E-state index >= 15 is 0 Å². The molecule has 0 radical (unpaired) electrons. The second-order valence-corrected chi connectivity index (χ2v) is 6.04. The van der Waals surface area contributed by atoms with Crippen LogP contribution >= 0.6 is 11.3 Å². The molecule has 1 unspecified atom stereocenters. The maximum absolute atomic E-state index is 12.1. The van der Waals surface area contributed by atoms with Crippen molar-refractivity contribution < 1.29 is 17.9 Å². The van der Waals surface area contributed by atoms with Crippen molar-refractivity contribution in [1.82, 2.24) is 10.3 Å². The Morgan fingerprint density at radius 1 is 1.18 bits per heavy atom. The van der Waals surface area contributed by atoms with Crippen molar-refractivity contribution in [2.45, 2.75) is 31.7 Å². The molecule has 0 amide bonds. The SMILES string of the molecule is FC(F)(F)Oc1ccc(-c2csc(C3CCCCN3)n2)cc1. The van der Waals surface area contributed by atoms with Gasteiger partial charge in [0.2, 0.25) is 0 Å². The second-order valence-electron chi connectivity index (χ2n) is 5.15. The molecule has 0 aliphatic carbocycles. The minimum atomic E-state index is -4.66. The van der Waals surface area contributed by atoms with E-state index < -0.39 is 6.36 Å². The number of rotatable bonds is 3. The fourth-order valence-corrected chi connectivity index (χ4v) is 3.41. The maximum Gasteiger partial charge on any atom is 0.573 e. The molecule has 1 aromatic carbocycles. The topological polar surface area (TPSA) is 34.1 Å². The van der Waals surface area contributed by atoms with E-state index in [1.54, 1.807) is 23.5 Å². The van der Waals surface area contributed by atoms with Gasteiger partial charge in [0.15, 0.2) is 0 Å². The molecule has 3 nitrogen and oxygen atoms in total. The van der Waals surface area contributed by atoms with E-state index in [1.165, 1.54) is 25.0 Å². The van der Waals surface area contributed by atoms with Gasteiger partial charge in [0.05, 0.1) is 11.7 Å². The average Bonchev–Trinajstić information content (AvgIpc) is 2.97. The van der Waals surface area contributed by atoms with E-state index in [4.69, 9.17) is 0 Å². The van der Waals surface area contributed by atoms with Crippen LogP contribution in [0.5, 0.6) is 5.75 Å². The van der Waals surface area contributed by atoms with E-state index in [0.717, 1.165) is 29.2 Å². The van der Waals surface area contributed by atoms with Gasteiger partial charge in [0, 0.05) is 10.9 Å². The summed E-state index contributed by atoms with van der Waals surface area (Å²) < 4.78 is 40.3. The Bertz CT molecular complexity index is 618. The first kappa shape index (κ1) is 15.3. The van der Waals surface area contributed by atoms with Gasteiger partial charge in [-0.25, -0.2) is 4.98 Å². The van der Waals surface area contributed by atoms with Gasteiger partial charge < -0.3 is 10.1 Å². The normalized spacial score (nSPS) is 19.1. The summed E-state index contributed by atoms with van der Waals surface area (Å²) in [4.78, 5) is 4.60. The highest BCUT2D eigenvalue weighted by Gasteiger charge is 2.31. The van der Waals surface area contributed by atoms with Crippen LogP contribution < -0.4 is 10.1 Å². The van der Waals surface area contributed by atoms with Crippen LogP contribution in [-0.4, -0.2) is 17.9 Å². The minimum absolute atomic E-state index is 0.222. The Morgan fingerprint density at radius 3 is 2.59 bits per heavy atom. The molecule has 118 valence electrons. The van der Waals surface area contributed by atoms with Crippen molar-refractivity contribution in [1.29, 1.82) is 0 Å². The molecule has 1 aliphatic rings. The zero-order valence-electron chi connectivity index (χ0n) is 11.7. The van der Waals surface area contributed by atoms with Crippen molar-refractivity contribution >= 4 is 11.3 Å². The van der Waals surface area contributed by atoms with Crippen LogP contribution in [0, 0.1) is 0 Å². The van der Waals surface area contributed by atoms with Gasteiger partial charge >= 0.3 is 6.36 Å². The standard InChI is InChI=1S/C15H15F3N2OS/c16-15(17,18)21-11-6-4-10(5-7-11)13-9-22-14(20-13)12-3-1-2-8-19-12/h4-7,9,12,19H,1-3,8H2. The molecule has 7 heteroatoms. The van der Waals surface area contributed by atoms with Gasteiger partial charge in [0.25, 0.3) is 0 Å². The number of halogens is 3. The average molecular weight is 328 g/mol. The number of aromatic nitrogens is 1. The number of alkyl halides is 3. The number of hydrogen-bond donors (Lipinski definition) is 1. The predicted molar refractivity (Wildman–Crippen MR) is 78.8 cm³/mol. The first-order valence-corrected chi connectivity index (χ1v) is 7.94. The monoisotopic (exact) mass is 328 g/mol. The summed E-state index contributed by atoms with van der Waals surface area (Å²) >= 11 is 1.58. The Kier molecular flexibility index (Phi) is 4.35. The number of hydrogen-bond acceptors (Lipinski definition) is 4. The first-order valence-electron chi connectivity index (χ1n) is 7.06. The van der Waals surface area contributed by atoms with Gasteiger partial charge in [-0.2, -0.15) is 0 Å². The number of nitrogens with zero attached hydrogens (tertiary/aromatic N) is 1. The number of benzene rings is 1. The van der Waals surface area contributed by atoms with E-state index in [2.05, 4.69) is 15.0 Å². The van der Waals surface area contributed by atoms with E-state index in [9.17, 15) is 13.2 Å². The molecule has 3 rings (SSSR count). The van der Waals surface area contributed by atoms with E-state index in [0.29, 0.717) is 6.04 Å². The van der Waals surface area contributed by atoms with Gasteiger partial charge in [-0.1, -0.05) is 6.42 Å². The van der Waals surface area contributed by atoms with Crippen LogP contribution in [0.25, 0.3) is 11.3 Å². The molecular weight excluding hydrogens is 313 g/mol. The van der Waals surface area contributed by atoms with Crippen LogP contribution in [0.15, 0.2) is 29.6 Å². The lowest BCUT2D eigenvalue weighted by Gasteiger charge is -2.21. The van der Waals surface area contributed by atoms with Crippen LogP contribution in [-0.2, 0) is 0 Å². The third-order valence-electron chi connectivity index (χ3n) is 3.51.